The number of carbonyl (C=O) groups is 2. The first-order chi connectivity index (χ1) is 13.3. The number of rotatable bonds is 13. The lowest BCUT2D eigenvalue weighted by Crippen LogP contribution is -2.41. The molecule has 0 bridgehead atoms. The van der Waals surface area contributed by atoms with Gasteiger partial charge in [0, 0.05) is 0 Å². The first-order valence-electron chi connectivity index (χ1n) is 9.15. The van der Waals surface area contributed by atoms with Gasteiger partial charge in [-0.1, -0.05) is 0 Å². The number of carbonyl (C=O) groups excluding carboxylic acids is 2. The van der Waals surface area contributed by atoms with Gasteiger partial charge in [-0.05, 0) is 60.1 Å². The van der Waals surface area contributed by atoms with E-state index < -0.39 is 43.7 Å². The van der Waals surface area contributed by atoms with Gasteiger partial charge in [-0.3, -0.25) is 13.9 Å². The quantitative estimate of drug-likeness (QED) is 0.195. The molecule has 0 N–H and O–H groups in total. The number of halogens is 1. The van der Waals surface area contributed by atoms with E-state index >= 15 is 0 Å². The van der Waals surface area contributed by atoms with Crippen LogP contribution >= 0.6 is 26.8 Å². The van der Waals surface area contributed by atoms with Crippen LogP contribution in [0.2, 0.25) is 0 Å². The highest BCUT2D eigenvalue weighted by molar-refractivity contribution is 7.74. The molecule has 29 heavy (non-hydrogen) atoms. The highest BCUT2D eigenvalue weighted by atomic mass is 35.5. The summed E-state index contributed by atoms with van der Waals surface area (Å²) >= 11 is 5.56. The van der Waals surface area contributed by atoms with Crippen LogP contribution in [0.4, 0.5) is 4.79 Å². The minimum Gasteiger partial charge on any atom is -0.429 e. The van der Waals surface area contributed by atoms with Crippen molar-refractivity contribution in [1.82, 2.24) is 0 Å². The van der Waals surface area contributed by atoms with Gasteiger partial charge in [0.05, 0.1) is 32.8 Å². The van der Waals surface area contributed by atoms with Gasteiger partial charge in [0.15, 0.2) is 0 Å². The summed E-state index contributed by atoms with van der Waals surface area (Å²) in [6.07, 6.45) is -2.41. The lowest BCUT2D eigenvalue weighted by atomic mass is 10.2. The molecule has 0 fully saturated rings. The molecule has 0 aromatic carbocycles. The Balaban J connectivity index is 6.87. The first kappa shape index (κ1) is 28.5. The Labute approximate surface area is 176 Å². The highest BCUT2D eigenvalue weighted by Crippen LogP contribution is 2.79. The fourth-order valence-corrected chi connectivity index (χ4v) is 7.86. The van der Waals surface area contributed by atoms with Crippen molar-refractivity contribution in [3.8, 4) is 0 Å². The maximum atomic E-state index is 13.7. The second-order valence-electron chi connectivity index (χ2n) is 6.51. The van der Waals surface area contributed by atoms with Crippen molar-refractivity contribution in [2.24, 2.45) is 0 Å². The summed E-state index contributed by atoms with van der Waals surface area (Å²) in [6, 6.07) is 0. The molecule has 0 rings (SSSR count). The van der Waals surface area contributed by atoms with E-state index in [-0.39, 0.29) is 26.4 Å². The van der Waals surface area contributed by atoms with Gasteiger partial charge in [-0.15, -0.1) is 0 Å². The Hall–Kier alpha value is -0.470. The third-order valence-corrected chi connectivity index (χ3v) is 9.26. The second-order valence-corrected chi connectivity index (χ2v) is 11.7. The molecule has 0 spiro atoms. The van der Waals surface area contributed by atoms with Crippen LogP contribution in [-0.4, -0.2) is 48.5 Å². The summed E-state index contributed by atoms with van der Waals surface area (Å²) in [4.78, 5) is 24.4. The van der Waals surface area contributed by atoms with Gasteiger partial charge >= 0.3 is 26.4 Å². The summed E-state index contributed by atoms with van der Waals surface area (Å²) in [6.45, 7) is 9.84. The number of hydrogen-bond acceptors (Lipinski definition) is 10. The first-order valence-corrected chi connectivity index (χ1v) is 12.6. The third kappa shape index (κ3) is 7.62. The van der Waals surface area contributed by atoms with Crippen LogP contribution in [0.5, 0.6) is 0 Å². The van der Waals surface area contributed by atoms with Crippen molar-refractivity contribution in [3.05, 3.63) is 0 Å². The smallest absolute Gasteiger partial charge is 0.429 e. The molecular weight excluding hydrogens is 450 g/mol. The molecule has 0 radical (unpaired) electrons. The number of hydrogen-bond donors (Lipinski definition) is 0. The maximum absolute atomic E-state index is 13.7. The SMILES string of the molecule is CCOP(=O)(OCC)C(CC(=O)Cl)(OC(=O)OC(C)(C)C)P(=O)(OCC)OCC. The van der Waals surface area contributed by atoms with Gasteiger partial charge in [0.2, 0.25) is 5.24 Å². The van der Waals surface area contributed by atoms with Crippen LogP contribution < -0.4 is 0 Å². The van der Waals surface area contributed by atoms with E-state index in [1.54, 1.807) is 20.8 Å². The van der Waals surface area contributed by atoms with Crippen LogP contribution in [0.25, 0.3) is 0 Å². The van der Waals surface area contributed by atoms with Gasteiger partial charge in [0.1, 0.15) is 5.60 Å². The van der Waals surface area contributed by atoms with Gasteiger partial charge < -0.3 is 27.6 Å². The predicted octanol–water partition coefficient (Wildman–Crippen LogP) is 5.28. The lowest BCUT2D eigenvalue weighted by molar-refractivity contribution is -0.114. The molecule has 0 unspecified atom stereocenters. The van der Waals surface area contributed by atoms with Crippen molar-refractivity contribution in [2.75, 3.05) is 26.4 Å². The zero-order valence-corrected chi connectivity index (χ0v) is 20.4. The zero-order valence-electron chi connectivity index (χ0n) is 17.9. The molecule has 0 heterocycles. The molecule has 0 aliphatic rings. The standard InChI is InChI=1S/C16H31ClO10P2/c1-8-22-28(20,23-9-2)16(12-13(17)18,27-14(19)26-15(5,6)7)29(21,24-10-3)25-11-4/h8-12H2,1-7H3. The molecule has 0 saturated heterocycles. The predicted molar refractivity (Wildman–Crippen MR) is 107 cm³/mol. The Morgan fingerprint density at radius 1 is 0.759 bits per heavy atom. The topological polar surface area (TPSA) is 124 Å². The molecule has 10 nitrogen and oxygen atoms in total. The largest absolute Gasteiger partial charge is 0.510 e. The van der Waals surface area contributed by atoms with Crippen LogP contribution in [0.3, 0.4) is 0 Å². The molecule has 0 aromatic heterocycles. The summed E-state index contributed by atoms with van der Waals surface area (Å²) in [7, 11) is -9.31. The van der Waals surface area contributed by atoms with Crippen molar-refractivity contribution in [1.29, 1.82) is 0 Å². The number of ether oxygens (including phenoxy) is 2. The Morgan fingerprint density at radius 3 is 1.34 bits per heavy atom. The Bertz CT molecular complexity index is 596. The average molecular weight is 481 g/mol. The lowest BCUT2D eigenvalue weighted by Gasteiger charge is -2.40. The van der Waals surface area contributed by atoms with Crippen LogP contribution in [-0.2, 0) is 41.5 Å². The molecule has 0 aliphatic heterocycles. The van der Waals surface area contributed by atoms with Crippen molar-refractivity contribution >= 4 is 38.2 Å². The molecule has 0 atom stereocenters. The molecule has 172 valence electrons. The average Bonchev–Trinajstić information content (AvgIpc) is 2.52. The fourth-order valence-electron chi connectivity index (χ4n) is 2.23. The fraction of sp³-hybridized carbons (Fsp3) is 0.875. The van der Waals surface area contributed by atoms with Crippen LogP contribution in [0.15, 0.2) is 0 Å². The van der Waals surface area contributed by atoms with E-state index in [0.29, 0.717) is 0 Å². The molecule has 0 amide bonds. The van der Waals surface area contributed by atoms with Gasteiger partial charge in [0.25, 0.3) is 0 Å². The van der Waals surface area contributed by atoms with Crippen molar-refractivity contribution in [2.45, 2.75) is 65.6 Å². The minimum atomic E-state index is -4.66. The Morgan fingerprint density at radius 2 is 1.10 bits per heavy atom. The van der Waals surface area contributed by atoms with Gasteiger partial charge in [-0.2, -0.15) is 0 Å². The second kappa shape index (κ2) is 11.8. The molecular formula is C16H31ClO10P2. The Kier molecular flexibility index (Phi) is 11.6. The summed E-state index contributed by atoms with van der Waals surface area (Å²) in [5.74, 6) is 0. The van der Waals surface area contributed by atoms with Crippen LogP contribution in [0, 0.1) is 0 Å². The normalized spacial score (nSPS) is 13.2. The van der Waals surface area contributed by atoms with E-state index in [9.17, 15) is 18.7 Å². The van der Waals surface area contributed by atoms with E-state index in [4.69, 9.17) is 39.2 Å². The zero-order chi connectivity index (χ0) is 22.9. The van der Waals surface area contributed by atoms with E-state index in [0.717, 1.165) is 0 Å². The van der Waals surface area contributed by atoms with E-state index in [1.165, 1.54) is 27.7 Å². The maximum Gasteiger partial charge on any atom is 0.510 e. The molecule has 0 aromatic rings. The summed E-state index contributed by atoms with van der Waals surface area (Å²) in [5.41, 5.74) is -1.02. The van der Waals surface area contributed by atoms with Crippen LogP contribution in [0.1, 0.15) is 54.9 Å². The summed E-state index contributed by atoms with van der Waals surface area (Å²) in [5, 5.41) is -3.94. The summed E-state index contributed by atoms with van der Waals surface area (Å²) < 4.78 is 58.9. The van der Waals surface area contributed by atoms with Crippen molar-refractivity contribution < 1.29 is 46.3 Å². The molecule has 0 saturated carbocycles. The minimum absolute atomic E-state index is 0.189. The molecule has 0 aliphatic carbocycles. The molecule has 13 heteroatoms. The van der Waals surface area contributed by atoms with Gasteiger partial charge in [-0.25, -0.2) is 4.79 Å². The van der Waals surface area contributed by atoms with Crippen molar-refractivity contribution in [3.63, 3.8) is 0 Å². The third-order valence-electron chi connectivity index (χ3n) is 3.06. The highest BCUT2D eigenvalue weighted by Gasteiger charge is 2.70. The van der Waals surface area contributed by atoms with E-state index in [1.807, 2.05) is 0 Å². The monoisotopic (exact) mass is 480 g/mol. The van der Waals surface area contributed by atoms with E-state index in [2.05, 4.69) is 0 Å².